The van der Waals surface area contributed by atoms with E-state index in [0.717, 1.165) is 0 Å². The first-order valence-electron chi connectivity index (χ1n) is 5.16. The molecule has 0 aliphatic carbocycles. The number of rotatable bonds is 4. The van der Waals surface area contributed by atoms with Crippen molar-refractivity contribution < 1.29 is 9.90 Å². The van der Waals surface area contributed by atoms with Crippen LogP contribution in [0, 0.1) is 18.3 Å². The molecule has 0 saturated heterocycles. The third-order valence-corrected chi connectivity index (χ3v) is 3.84. The van der Waals surface area contributed by atoms with Crippen molar-refractivity contribution in [1.29, 1.82) is 5.26 Å². The molecule has 0 aliphatic rings. The Bertz CT molecular complexity index is 663. The summed E-state index contributed by atoms with van der Waals surface area (Å²) in [4.78, 5) is 23.0. The fourth-order valence-electron chi connectivity index (χ4n) is 1.29. The van der Waals surface area contributed by atoms with E-state index in [-0.39, 0.29) is 6.42 Å². The van der Waals surface area contributed by atoms with E-state index in [2.05, 4.69) is 15.0 Å². The molecule has 96 valence electrons. The summed E-state index contributed by atoms with van der Waals surface area (Å²) >= 11 is 2.55. The van der Waals surface area contributed by atoms with Gasteiger partial charge in [0, 0.05) is 11.1 Å². The van der Waals surface area contributed by atoms with Crippen LogP contribution in [0.1, 0.15) is 17.1 Å². The molecule has 0 aromatic carbocycles. The molecule has 2 aromatic rings. The lowest BCUT2D eigenvalue weighted by atomic mass is 10.3. The van der Waals surface area contributed by atoms with Crippen LogP contribution in [0.3, 0.4) is 0 Å². The number of carboxylic acids is 1. The van der Waals surface area contributed by atoms with Gasteiger partial charge in [0.1, 0.15) is 11.8 Å². The molecule has 2 rings (SSSR count). The van der Waals surface area contributed by atoms with Gasteiger partial charge in [0.15, 0.2) is 9.50 Å². The monoisotopic (exact) mass is 292 g/mol. The van der Waals surface area contributed by atoms with Gasteiger partial charge in [-0.15, -0.1) is 11.3 Å². The molecule has 2 heterocycles. The first-order valence-corrected chi connectivity index (χ1v) is 6.86. The van der Waals surface area contributed by atoms with E-state index in [1.165, 1.54) is 23.1 Å². The summed E-state index contributed by atoms with van der Waals surface area (Å²) in [6, 6.07) is 3.57. The third-order valence-electron chi connectivity index (χ3n) is 1.99. The van der Waals surface area contributed by atoms with Crippen LogP contribution in [0.2, 0.25) is 0 Å². The van der Waals surface area contributed by atoms with Crippen molar-refractivity contribution in [1.82, 2.24) is 15.0 Å². The maximum Gasteiger partial charge on any atom is 0.309 e. The van der Waals surface area contributed by atoms with Gasteiger partial charge in [-0.25, -0.2) is 15.0 Å². The summed E-state index contributed by atoms with van der Waals surface area (Å²) in [7, 11) is 0. The highest BCUT2D eigenvalue weighted by Gasteiger charge is 2.10. The lowest BCUT2D eigenvalue weighted by Gasteiger charge is -1.98. The molecule has 0 spiro atoms. The number of hydrogen-bond acceptors (Lipinski definition) is 7. The number of hydrogen-bond donors (Lipinski definition) is 1. The lowest BCUT2D eigenvalue weighted by Crippen LogP contribution is -1.99. The first kappa shape index (κ1) is 13.5. The van der Waals surface area contributed by atoms with Crippen LogP contribution in [0.15, 0.2) is 20.9 Å². The Morgan fingerprint density at radius 3 is 3.00 bits per heavy atom. The molecule has 0 atom stereocenters. The van der Waals surface area contributed by atoms with Crippen molar-refractivity contribution in [3.63, 3.8) is 0 Å². The van der Waals surface area contributed by atoms with Crippen LogP contribution in [0.4, 0.5) is 0 Å². The predicted octanol–water partition coefficient (Wildman–Crippen LogP) is 1.89. The lowest BCUT2D eigenvalue weighted by molar-refractivity contribution is -0.136. The van der Waals surface area contributed by atoms with Gasteiger partial charge in [-0.1, -0.05) is 0 Å². The Balaban J connectivity index is 2.17. The van der Waals surface area contributed by atoms with Crippen molar-refractivity contribution in [3.05, 3.63) is 28.5 Å². The molecule has 0 unspecified atom stereocenters. The minimum Gasteiger partial charge on any atom is -0.481 e. The number of aryl methyl sites for hydroxylation is 1. The van der Waals surface area contributed by atoms with Crippen molar-refractivity contribution in [2.24, 2.45) is 0 Å². The molecule has 2 aromatic heterocycles. The van der Waals surface area contributed by atoms with Gasteiger partial charge in [-0.05, 0) is 24.8 Å². The van der Waals surface area contributed by atoms with Gasteiger partial charge in [0.2, 0.25) is 0 Å². The Morgan fingerprint density at radius 2 is 2.32 bits per heavy atom. The summed E-state index contributed by atoms with van der Waals surface area (Å²) in [6.07, 6.45) is -0.102. The maximum atomic E-state index is 10.6. The number of carbonyl (C=O) groups is 1. The van der Waals surface area contributed by atoms with E-state index >= 15 is 0 Å². The number of aliphatic carboxylic acids is 1. The fraction of sp³-hybridized carbons (Fsp3) is 0.182. The molecule has 0 bridgehead atoms. The molecule has 19 heavy (non-hydrogen) atoms. The fourth-order valence-corrected chi connectivity index (χ4v) is 3.05. The van der Waals surface area contributed by atoms with Gasteiger partial charge in [-0.3, -0.25) is 4.79 Å². The molecular weight excluding hydrogens is 284 g/mol. The molecule has 0 fully saturated rings. The molecular formula is C11H8N4O2S2. The van der Waals surface area contributed by atoms with E-state index in [0.29, 0.717) is 26.6 Å². The van der Waals surface area contributed by atoms with Crippen molar-refractivity contribution in [2.45, 2.75) is 22.8 Å². The molecule has 1 N–H and O–H groups in total. The predicted molar refractivity (Wildman–Crippen MR) is 69.1 cm³/mol. The Morgan fingerprint density at radius 1 is 1.53 bits per heavy atom. The Hall–Kier alpha value is -1.98. The van der Waals surface area contributed by atoms with Crippen LogP contribution < -0.4 is 0 Å². The van der Waals surface area contributed by atoms with Crippen molar-refractivity contribution in [3.8, 4) is 6.07 Å². The summed E-state index contributed by atoms with van der Waals surface area (Å²) in [5.41, 5.74) is 1.52. The third kappa shape index (κ3) is 3.74. The van der Waals surface area contributed by atoms with Crippen LogP contribution >= 0.6 is 23.1 Å². The molecule has 0 radical (unpaired) electrons. The summed E-state index contributed by atoms with van der Waals surface area (Å²) < 4.78 is 0.658. The van der Waals surface area contributed by atoms with E-state index in [9.17, 15) is 4.79 Å². The van der Waals surface area contributed by atoms with Gasteiger partial charge < -0.3 is 5.11 Å². The zero-order valence-corrected chi connectivity index (χ0v) is 11.5. The number of aromatic nitrogens is 3. The highest BCUT2D eigenvalue weighted by molar-refractivity contribution is 8.00. The number of nitriles is 1. The highest BCUT2D eigenvalue weighted by Crippen LogP contribution is 2.28. The SMILES string of the molecule is Cc1cc(C#N)nc(Sc2nc(CC(=O)O)cs2)n1. The normalized spacial score (nSPS) is 10.1. The molecule has 0 aliphatic heterocycles. The second-order valence-electron chi connectivity index (χ2n) is 3.57. The van der Waals surface area contributed by atoms with E-state index in [4.69, 9.17) is 10.4 Å². The Kier molecular flexibility index (Phi) is 4.09. The van der Waals surface area contributed by atoms with Crippen LogP contribution in [-0.4, -0.2) is 26.0 Å². The number of nitrogens with zero attached hydrogens (tertiary/aromatic N) is 4. The van der Waals surface area contributed by atoms with Gasteiger partial charge in [0.05, 0.1) is 12.1 Å². The maximum absolute atomic E-state index is 10.6. The van der Waals surface area contributed by atoms with Gasteiger partial charge in [0.25, 0.3) is 0 Å². The van der Waals surface area contributed by atoms with Crippen molar-refractivity contribution >= 4 is 29.1 Å². The molecule has 8 heteroatoms. The number of carboxylic acid groups (broad SMARTS) is 1. The van der Waals surface area contributed by atoms with Crippen molar-refractivity contribution in [2.75, 3.05) is 0 Å². The van der Waals surface area contributed by atoms with E-state index < -0.39 is 5.97 Å². The zero-order chi connectivity index (χ0) is 13.8. The zero-order valence-electron chi connectivity index (χ0n) is 9.82. The highest BCUT2D eigenvalue weighted by atomic mass is 32.2. The van der Waals surface area contributed by atoms with Gasteiger partial charge >= 0.3 is 5.97 Å². The molecule has 6 nitrogen and oxygen atoms in total. The first-order chi connectivity index (χ1) is 9.06. The summed E-state index contributed by atoms with van der Waals surface area (Å²) in [6.45, 7) is 1.78. The van der Waals surface area contributed by atoms with Crippen LogP contribution in [0.25, 0.3) is 0 Å². The van der Waals surface area contributed by atoms with E-state index in [1.54, 1.807) is 18.4 Å². The minimum absolute atomic E-state index is 0.102. The number of thiazole rings is 1. The summed E-state index contributed by atoms with van der Waals surface area (Å²) in [5, 5.41) is 19.6. The average Bonchev–Trinajstić information content (AvgIpc) is 2.74. The standard InChI is InChI=1S/C11H8N4O2S2/c1-6-2-7(4-12)14-10(13-6)19-11-15-8(5-18-11)3-9(16)17/h2,5H,3H2,1H3,(H,16,17). The minimum atomic E-state index is -0.916. The van der Waals surface area contributed by atoms with Gasteiger partial charge in [-0.2, -0.15) is 5.26 Å². The largest absolute Gasteiger partial charge is 0.481 e. The van der Waals surface area contributed by atoms with Crippen LogP contribution in [-0.2, 0) is 11.2 Å². The summed E-state index contributed by atoms with van der Waals surface area (Å²) in [5.74, 6) is -0.916. The average molecular weight is 292 g/mol. The quantitative estimate of drug-likeness (QED) is 0.859. The van der Waals surface area contributed by atoms with E-state index in [1.807, 2.05) is 6.07 Å². The topological polar surface area (TPSA) is 99.8 Å². The molecule has 0 saturated carbocycles. The Labute approximate surface area is 117 Å². The van der Waals surface area contributed by atoms with Crippen LogP contribution in [0.5, 0.6) is 0 Å². The smallest absolute Gasteiger partial charge is 0.309 e. The second-order valence-corrected chi connectivity index (χ2v) is 5.64. The molecule has 0 amide bonds. The second kappa shape index (κ2) is 5.77.